The lowest BCUT2D eigenvalue weighted by molar-refractivity contribution is -0.336. The molecule has 0 heterocycles. The van der Waals surface area contributed by atoms with Crippen LogP contribution in [0.25, 0.3) is 0 Å². The zero-order chi connectivity index (χ0) is 15.2. The second-order valence-electron chi connectivity index (χ2n) is 5.13. The summed E-state index contributed by atoms with van der Waals surface area (Å²) in [7, 11) is 0. The van der Waals surface area contributed by atoms with Gasteiger partial charge in [0.2, 0.25) is 0 Å². The largest absolute Gasteiger partial charge is 0.398 e. The highest BCUT2D eigenvalue weighted by atomic mass is 16.8. The molecule has 19 heavy (non-hydrogen) atoms. The molecule has 0 saturated carbocycles. The van der Waals surface area contributed by atoms with Crippen LogP contribution in [0.1, 0.15) is 47.5 Å². The smallest absolute Gasteiger partial charge is 0.375 e. The highest BCUT2D eigenvalue weighted by molar-refractivity contribution is 5.73. The van der Waals surface area contributed by atoms with Gasteiger partial charge in [-0.3, -0.25) is 9.59 Å². The van der Waals surface area contributed by atoms with Crippen molar-refractivity contribution < 1.29 is 29.3 Å². The normalized spacial score (nSPS) is 13.5. The number of hydrogen-bond acceptors (Lipinski definition) is 6. The summed E-state index contributed by atoms with van der Waals surface area (Å²) in [6.45, 7) is 8.04. The average molecular weight is 276 g/mol. The van der Waals surface area contributed by atoms with E-state index in [1.807, 2.05) is 0 Å². The number of ether oxygens (including phenoxy) is 2. The molecule has 6 nitrogen and oxygen atoms in total. The van der Waals surface area contributed by atoms with Gasteiger partial charge in [0.15, 0.2) is 0 Å². The summed E-state index contributed by atoms with van der Waals surface area (Å²) in [5, 5.41) is 19.7. The number of rotatable bonds is 7. The maximum Gasteiger partial charge on any atom is 0.375 e. The van der Waals surface area contributed by atoms with Crippen LogP contribution in [0.5, 0.6) is 0 Å². The molecular weight excluding hydrogens is 252 g/mol. The van der Waals surface area contributed by atoms with Crippen LogP contribution in [0, 0.1) is 11.8 Å². The molecule has 0 saturated heterocycles. The lowest BCUT2D eigenvalue weighted by Gasteiger charge is -2.29. The minimum Gasteiger partial charge on any atom is -0.398 e. The molecule has 0 radical (unpaired) electrons. The maximum absolute atomic E-state index is 11.5. The van der Waals surface area contributed by atoms with Crippen molar-refractivity contribution in [1.82, 2.24) is 0 Å². The molecule has 0 aromatic carbocycles. The summed E-state index contributed by atoms with van der Waals surface area (Å²) in [5.41, 5.74) is 0. The molecular formula is C13H24O6. The lowest BCUT2D eigenvalue weighted by Crippen LogP contribution is -2.44. The zero-order valence-corrected chi connectivity index (χ0v) is 12.2. The van der Waals surface area contributed by atoms with Gasteiger partial charge in [-0.25, -0.2) is 0 Å². The molecule has 0 aliphatic carbocycles. The maximum atomic E-state index is 11.5. The van der Waals surface area contributed by atoms with Gasteiger partial charge < -0.3 is 19.7 Å². The van der Waals surface area contributed by atoms with Gasteiger partial charge in [-0.2, -0.15) is 0 Å². The van der Waals surface area contributed by atoms with Crippen molar-refractivity contribution in [3.8, 4) is 0 Å². The van der Waals surface area contributed by atoms with Crippen molar-refractivity contribution in [1.29, 1.82) is 0 Å². The number of esters is 2. The Bertz CT molecular complexity index is 288. The SMILES string of the molecule is CCC(O)CC(O)(OC(=O)C(C)C)OC(=O)C(C)C. The fourth-order valence-corrected chi connectivity index (χ4v) is 1.10. The van der Waals surface area contributed by atoms with Gasteiger partial charge in [0.1, 0.15) is 0 Å². The van der Waals surface area contributed by atoms with E-state index in [1.165, 1.54) is 0 Å². The first-order valence-electron chi connectivity index (χ1n) is 6.47. The van der Waals surface area contributed by atoms with Crippen molar-refractivity contribution in [2.45, 2.75) is 59.5 Å². The molecule has 0 spiro atoms. The molecule has 1 unspecified atom stereocenters. The van der Waals surface area contributed by atoms with Crippen LogP contribution >= 0.6 is 0 Å². The molecule has 0 aromatic heterocycles. The Labute approximate surface area is 113 Å². The van der Waals surface area contributed by atoms with E-state index in [4.69, 9.17) is 9.47 Å². The Kier molecular flexibility index (Phi) is 7.00. The molecule has 0 fully saturated rings. The van der Waals surface area contributed by atoms with Crippen molar-refractivity contribution >= 4 is 11.9 Å². The van der Waals surface area contributed by atoms with Gasteiger partial charge >= 0.3 is 17.9 Å². The first-order chi connectivity index (χ1) is 8.61. The summed E-state index contributed by atoms with van der Waals surface area (Å²) < 4.78 is 9.61. The van der Waals surface area contributed by atoms with Gasteiger partial charge in [0, 0.05) is 0 Å². The van der Waals surface area contributed by atoms with Gasteiger partial charge in [-0.1, -0.05) is 34.6 Å². The van der Waals surface area contributed by atoms with Crippen LogP contribution in [-0.2, 0) is 19.1 Å². The van der Waals surface area contributed by atoms with Crippen molar-refractivity contribution in [3.63, 3.8) is 0 Å². The van der Waals surface area contributed by atoms with Crippen LogP contribution in [0.15, 0.2) is 0 Å². The molecule has 0 aromatic rings. The third kappa shape index (κ3) is 6.54. The van der Waals surface area contributed by atoms with Crippen molar-refractivity contribution in [3.05, 3.63) is 0 Å². The van der Waals surface area contributed by atoms with E-state index >= 15 is 0 Å². The number of carbonyl (C=O) groups excluding carboxylic acids is 2. The molecule has 0 rings (SSSR count). The minimum absolute atomic E-state index is 0.334. The second kappa shape index (κ2) is 7.45. The number of aliphatic hydroxyl groups excluding tert-OH is 1. The molecule has 1 atom stereocenters. The standard InChI is InChI=1S/C13H24O6/c1-6-10(14)7-13(17,18-11(15)8(2)3)19-12(16)9(4)5/h8-10,14,17H,6-7H2,1-5H3. The summed E-state index contributed by atoms with van der Waals surface area (Å²) in [6, 6.07) is 0. The van der Waals surface area contributed by atoms with Gasteiger partial charge in [-0.15, -0.1) is 0 Å². The fourth-order valence-electron chi connectivity index (χ4n) is 1.10. The van der Waals surface area contributed by atoms with Crippen molar-refractivity contribution in [2.75, 3.05) is 0 Å². The molecule has 6 heteroatoms. The predicted octanol–water partition coefficient (Wildman–Crippen LogP) is 1.19. The molecule has 2 N–H and O–H groups in total. The monoisotopic (exact) mass is 276 g/mol. The van der Waals surface area contributed by atoms with E-state index < -0.39 is 35.9 Å². The van der Waals surface area contributed by atoms with Crippen LogP contribution in [-0.4, -0.2) is 34.2 Å². The summed E-state index contributed by atoms with van der Waals surface area (Å²) in [5.74, 6) is -4.80. The summed E-state index contributed by atoms with van der Waals surface area (Å²) in [4.78, 5) is 23.0. The molecule has 112 valence electrons. The number of carbonyl (C=O) groups is 2. The van der Waals surface area contributed by atoms with Gasteiger partial charge in [0.05, 0.1) is 24.4 Å². The van der Waals surface area contributed by atoms with Crippen LogP contribution in [0.2, 0.25) is 0 Å². The Hall–Kier alpha value is -1.14. The quantitative estimate of drug-likeness (QED) is 0.536. The molecule has 0 bridgehead atoms. The van der Waals surface area contributed by atoms with Gasteiger partial charge in [-0.05, 0) is 6.42 Å². The summed E-state index contributed by atoms with van der Waals surface area (Å²) >= 11 is 0. The fraction of sp³-hybridized carbons (Fsp3) is 0.846. The van der Waals surface area contributed by atoms with Gasteiger partial charge in [0.25, 0.3) is 0 Å². The van der Waals surface area contributed by atoms with Crippen LogP contribution < -0.4 is 0 Å². The second-order valence-corrected chi connectivity index (χ2v) is 5.13. The Morgan fingerprint density at radius 3 is 1.68 bits per heavy atom. The Morgan fingerprint density at radius 1 is 1.05 bits per heavy atom. The zero-order valence-electron chi connectivity index (χ0n) is 12.2. The highest BCUT2D eigenvalue weighted by Gasteiger charge is 2.39. The summed E-state index contributed by atoms with van der Waals surface area (Å²) in [6.07, 6.45) is -0.980. The number of hydrogen-bond donors (Lipinski definition) is 2. The van der Waals surface area contributed by atoms with E-state index in [2.05, 4.69) is 0 Å². The van der Waals surface area contributed by atoms with Crippen molar-refractivity contribution in [2.24, 2.45) is 11.8 Å². The van der Waals surface area contributed by atoms with E-state index in [0.717, 1.165) is 0 Å². The minimum atomic E-state index is -2.42. The Balaban J connectivity index is 4.90. The predicted molar refractivity (Wildman–Crippen MR) is 67.7 cm³/mol. The van der Waals surface area contributed by atoms with E-state index in [0.29, 0.717) is 6.42 Å². The van der Waals surface area contributed by atoms with E-state index in [1.54, 1.807) is 34.6 Å². The third-order valence-electron chi connectivity index (χ3n) is 2.43. The first kappa shape index (κ1) is 17.9. The molecule has 0 amide bonds. The average Bonchev–Trinajstić information content (AvgIpc) is 2.27. The third-order valence-corrected chi connectivity index (χ3v) is 2.43. The van der Waals surface area contributed by atoms with Crippen LogP contribution in [0.4, 0.5) is 0 Å². The van der Waals surface area contributed by atoms with E-state index in [9.17, 15) is 19.8 Å². The first-order valence-corrected chi connectivity index (χ1v) is 6.47. The topological polar surface area (TPSA) is 93.1 Å². The number of aliphatic hydroxyl groups is 2. The Morgan fingerprint density at radius 2 is 1.42 bits per heavy atom. The van der Waals surface area contributed by atoms with E-state index in [-0.39, 0.29) is 6.42 Å². The highest BCUT2D eigenvalue weighted by Crippen LogP contribution is 2.22. The van der Waals surface area contributed by atoms with Crippen LogP contribution in [0.3, 0.4) is 0 Å². The molecule has 0 aliphatic heterocycles. The lowest BCUT2D eigenvalue weighted by atomic mass is 10.1. The molecule has 0 aliphatic rings.